The molecule has 126 valence electrons. The number of rotatable bonds is 3. The number of ether oxygens (including phenoxy) is 1. The predicted octanol–water partition coefficient (Wildman–Crippen LogP) is 2.59. The Balaban J connectivity index is 1.85. The number of benzene rings is 2. The van der Waals surface area contributed by atoms with Crippen molar-refractivity contribution in [2.24, 2.45) is 0 Å². The summed E-state index contributed by atoms with van der Waals surface area (Å²) >= 11 is 5.83. The van der Waals surface area contributed by atoms with Crippen LogP contribution in [0.1, 0.15) is 15.9 Å². The number of amides is 2. The van der Waals surface area contributed by atoms with E-state index >= 15 is 0 Å². The maximum Gasteiger partial charge on any atom is 0.337 e. The Hall–Kier alpha value is -3.12. The fourth-order valence-corrected chi connectivity index (χ4v) is 2.46. The topological polar surface area (TPSA) is 75.7 Å². The first-order chi connectivity index (χ1) is 12.0. The third-order valence-corrected chi connectivity index (χ3v) is 3.87. The van der Waals surface area contributed by atoms with Crippen LogP contribution in [0.25, 0.3) is 6.08 Å². The summed E-state index contributed by atoms with van der Waals surface area (Å²) in [6.07, 6.45) is 1.47. The van der Waals surface area contributed by atoms with Crippen LogP contribution in [0, 0.1) is 0 Å². The Morgan fingerprint density at radius 1 is 1.08 bits per heavy atom. The molecule has 0 unspecified atom stereocenters. The van der Waals surface area contributed by atoms with Gasteiger partial charge in [-0.25, -0.2) is 9.80 Å². The molecule has 1 heterocycles. The van der Waals surface area contributed by atoms with Crippen LogP contribution in [0.3, 0.4) is 0 Å². The highest BCUT2D eigenvalue weighted by Crippen LogP contribution is 2.23. The normalized spacial score (nSPS) is 15.4. The van der Waals surface area contributed by atoms with Crippen LogP contribution >= 0.6 is 11.6 Å². The van der Waals surface area contributed by atoms with E-state index in [1.807, 2.05) is 0 Å². The second-order valence-corrected chi connectivity index (χ2v) is 5.67. The van der Waals surface area contributed by atoms with Crippen LogP contribution < -0.4 is 10.4 Å². The molecule has 0 aromatic heterocycles. The number of carbonyl (C=O) groups excluding carboxylic acids is 3. The molecule has 7 heteroatoms. The van der Waals surface area contributed by atoms with Crippen molar-refractivity contribution in [3.8, 4) is 0 Å². The molecule has 2 amide bonds. The fraction of sp³-hybridized carbons (Fsp3) is 0.0556. The van der Waals surface area contributed by atoms with Gasteiger partial charge in [-0.2, -0.15) is 0 Å². The number of carbonyl (C=O) groups is 3. The van der Waals surface area contributed by atoms with Gasteiger partial charge in [-0.15, -0.1) is 0 Å². The summed E-state index contributed by atoms with van der Waals surface area (Å²) in [5.41, 5.74) is 4.01. The number of hydrazine groups is 1. The first-order valence-electron chi connectivity index (χ1n) is 7.30. The lowest BCUT2D eigenvalue weighted by Gasteiger charge is -2.14. The molecule has 0 saturated carbocycles. The van der Waals surface area contributed by atoms with Gasteiger partial charge in [-0.05, 0) is 48.0 Å². The minimum atomic E-state index is -0.503. The highest BCUT2D eigenvalue weighted by Gasteiger charge is 2.34. The highest BCUT2D eigenvalue weighted by molar-refractivity contribution is 6.32. The van der Waals surface area contributed by atoms with E-state index in [0.29, 0.717) is 21.8 Å². The Morgan fingerprint density at radius 2 is 1.72 bits per heavy atom. The Bertz CT molecular complexity index is 873. The monoisotopic (exact) mass is 356 g/mol. The summed E-state index contributed by atoms with van der Waals surface area (Å²) in [4.78, 5) is 36.0. The zero-order valence-corrected chi connectivity index (χ0v) is 13.9. The van der Waals surface area contributed by atoms with Crippen LogP contribution in [-0.4, -0.2) is 24.9 Å². The highest BCUT2D eigenvalue weighted by atomic mass is 35.5. The Kier molecular flexibility index (Phi) is 4.54. The van der Waals surface area contributed by atoms with Gasteiger partial charge in [0.2, 0.25) is 0 Å². The predicted molar refractivity (Wildman–Crippen MR) is 92.8 cm³/mol. The van der Waals surface area contributed by atoms with Crippen molar-refractivity contribution in [1.29, 1.82) is 0 Å². The van der Waals surface area contributed by atoms with Crippen molar-refractivity contribution >= 4 is 41.1 Å². The lowest BCUT2D eigenvalue weighted by molar-refractivity contribution is -0.117. The molecule has 1 N–H and O–H groups in total. The number of anilines is 1. The molecule has 6 nitrogen and oxygen atoms in total. The van der Waals surface area contributed by atoms with E-state index in [1.54, 1.807) is 48.5 Å². The van der Waals surface area contributed by atoms with Crippen molar-refractivity contribution in [3.63, 3.8) is 0 Å². The quantitative estimate of drug-likeness (QED) is 0.521. The molecular formula is C18H13ClN2O4. The first kappa shape index (κ1) is 16.7. The van der Waals surface area contributed by atoms with Crippen LogP contribution in [-0.2, 0) is 14.3 Å². The van der Waals surface area contributed by atoms with Gasteiger partial charge in [0, 0.05) is 5.02 Å². The van der Waals surface area contributed by atoms with E-state index in [2.05, 4.69) is 10.2 Å². The molecule has 25 heavy (non-hydrogen) atoms. The summed E-state index contributed by atoms with van der Waals surface area (Å²) in [5, 5.41) is 1.69. The molecule has 1 aliphatic rings. The minimum Gasteiger partial charge on any atom is -0.465 e. The number of hydrogen-bond donors (Lipinski definition) is 1. The molecule has 2 aromatic rings. The van der Waals surface area contributed by atoms with Gasteiger partial charge >= 0.3 is 5.97 Å². The molecule has 2 aromatic carbocycles. The van der Waals surface area contributed by atoms with E-state index in [4.69, 9.17) is 11.6 Å². The van der Waals surface area contributed by atoms with Gasteiger partial charge in [0.1, 0.15) is 5.57 Å². The van der Waals surface area contributed by atoms with Crippen LogP contribution in [0.5, 0.6) is 0 Å². The molecule has 1 aliphatic heterocycles. The number of esters is 1. The third-order valence-electron chi connectivity index (χ3n) is 3.62. The summed E-state index contributed by atoms with van der Waals surface area (Å²) in [6, 6.07) is 12.9. The van der Waals surface area contributed by atoms with Crippen molar-refractivity contribution in [2.45, 2.75) is 0 Å². The zero-order chi connectivity index (χ0) is 18.0. The average Bonchev–Trinajstić information content (AvgIpc) is 2.90. The smallest absolute Gasteiger partial charge is 0.337 e. The second kappa shape index (κ2) is 6.78. The minimum absolute atomic E-state index is 0.000711. The zero-order valence-electron chi connectivity index (χ0n) is 13.2. The number of methoxy groups -OCH3 is 1. The van der Waals surface area contributed by atoms with Crippen molar-refractivity contribution in [3.05, 3.63) is 70.3 Å². The molecule has 0 atom stereocenters. The third kappa shape index (κ3) is 3.39. The molecule has 0 aliphatic carbocycles. The largest absolute Gasteiger partial charge is 0.465 e. The summed E-state index contributed by atoms with van der Waals surface area (Å²) in [7, 11) is 1.30. The second-order valence-electron chi connectivity index (χ2n) is 5.23. The van der Waals surface area contributed by atoms with Crippen molar-refractivity contribution in [2.75, 3.05) is 12.1 Å². The van der Waals surface area contributed by atoms with E-state index in [-0.39, 0.29) is 5.57 Å². The summed E-state index contributed by atoms with van der Waals surface area (Å²) in [5.74, 6) is -1.43. The first-order valence-corrected chi connectivity index (χ1v) is 7.68. The summed E-state index contributed by atoms with van der Waals surface area (Å²) < 4.78 is 4.63. The molecule has 0 spiro atoms. The maximum absolute atomic E-state index is 12.5. The maximum atomic E-state index is 12.5. The molecule has 1 saturated heterocycles. The number of nitrogens with one attached hydrogen (secondary N) is 1. The van der Waals surface area contributed by atoms with Crippen molar-refractivity contribution in [1.82, 2.24) is 5.43 Å². The molecular weight excluding hydrogens is 344 g/mol. The SMILES string of the molecule is COC(=O)c1ccc(/C=C2\C(=O)NN(c3ccc(Cl)cc3)C2=O)cc1. The van der Waals surface area contributed by atoms with Crippen LogP contribution in [0.4, 0.5) is 5.69 Å². The molecule has 3 rings (SSSR count). The van der Waals surface area contributed by atoms with Crippen LogP contribution in [0.2, 0.25) is 5.02 Å². The van der Waals surface area contributed by atoms with Crippen LogP contribution in [0.15, 0.2) is 54.1 Å². The van der Waals surface area contributed by atoms with E-state index < -0.39 is 17.8 Å². The fourth-order valence-electron chi connectivity index (χ4n) is 2.33. The van der Waals surface area contributed by atoms with Gasteiger partial charge in [-0.3, -0.25) is 15.0 Å². The standard InChI is InChI=1S/C18H13ClN2O4/c1-25-18(24)12-4-2-11(3-5-12)10-15-16(22)20-21(17(15)23)14-8-6-13(19)7-9-14/h2-10H,1H3,(H,20,22)/b15-10+. The van der Waals surface area contributed by atoms with E-state index in [9.17, 15) is 14.4 Å². The molecule has 1 fully saturated rings. The number of hydrogen-bond acceptors (Lipinski definition) is 4. The number of halogens is 1. The van der Waals surface area contributed by atoms with E-state index in [0.717, 1.165) is 5.01 Å². The lowest BCUT2D eigenvalue weighted by Crippen LogP contribution is -2.35. The van der Waals surface area contributed by atoms with Crippen molar-refractivity contribution < 1.29 is 19.1 Å². The Morgan fingerprint density at radius 3 is 2.32 bits per heavy atom. The molecule has 0 radical (unpaired) electrons. The lowest BCUT2D eigenvalue weighted by atomic mass is 10.1. The van der Waals surface area contributed by atoms with Gasteiger partial charge < -0.3 is 4.74 Å². The van der Waals surface area contributed by atoms with E-state index in [1.165, 1.54) is 13.2 Å². The van der Waals surface area contributed by atoms with Gasteiger partial charge in [0.25, 0.3) is 11.8 Å². The Labute approximate surface area is 148 Å². The van der Waals surface area contributed by atoms with Gasteiger partial charge in [-0.1, -0.05) is 23.7 Å². The average molecular weight is 357 g/mol. The molecule has 0 bridgehead atoms. The number of nitrogens with zero attached hydrogens (tertiary/aromatic N) is 1. The van der Waals surface area contributed by atoms with Gasteiger partial charge in [0.15, 0.2) is 0 Å². The summed E-state index contributed by atoms with van der Waals surface area (Å²) in [6.45, 7) is 0. The van der Waals surface area contributed by atoms with Gasteiger partial charge in [0.05, 0.1) is 18.4 Å².